The molecule has 18 heavy (non-hydrogen) atoms. The number of carbonyl (C=O) groups is 2. The van der Waals surface area contributed by atoms with E-state index in [9.17, 15) is 9.59 Å². The first-order valence-electron chi connectivity index (χ1n) is 5.88. The number of piperazine rings is 1. The van der Waals surface area contributed by atoms with E-state index in [0.29, 0.717) is 29.4 Å². The van der Waals surface area contributed by atoms with Crippen molar-refractivity contribution in [2.24, 2.45) is 0 Å². The Hall–Kier alpha value is -1.07. The average molecular weight is 287 g/mol. The number of hydrogen-bond donors (Lipinski definition) is 1. The lowest BCUT2D eigenvalue weighted by atomic mass is 10.1. The van der Waals surface area contributed by atoms with Crippen molar-refractivity contribution in [3.8, 4) is 0 Å². The third kappa shape index (κ3) is 2.24. The molecule has 2 rings (SSSR count). The second-order valence-electron chi connectivity index (χ2n) is 4.28. The number of carbonyl (C=O) groups excluding carboxylic acids is 2. The van der Waals surface area contributed by atoms with Gasteiger partial charge < -0.3 is 10.2 Å². The third-order valence-corrected chi connectivity index (χ3v) is 4.76. The van der Waals surface area contributed by atoms with E-state index in [-0.39, 0.29) is 17.9 Å². The van der Waals surface area contributed by atoms with Gasteiger partial charge in [0.25, 0.3) is 5.91 Å². The molecule has 1 saturated heterocycles. The first-order chi connectivity index (χ1) is 8.56. The molecule has 1 aliphatic rings. The van der Waals surface area contributed by atoms with Gasteiger partial charge in [-0.25, -0.2) is 0 Å². The van der Waals surface area contributed by atoms with E-state index in [2.05, 4.69) is 5.32 Å². The fraction of sp³-hybridized carbons (Fsp3) is 0.500. The Labute approximate surface area is 115 Å². The molecule has 0 aromatic carbocycles. The van der Waals surface area contributed by atoms with Crippen molar-refractivity contribution in [1.29, 1.82) is 0 Å². The van der Waals surface area contributed by atoms with Crippen molar-refractivity contribution in [2.75, 3.05) is 13.1 Å². The quantitative estimate of drug-likeness (QED) is 0.905. The van der Waals surface area contributed by atoms with Crippen molar-refractivity contribution in [1.82, 2.24) is 10.2 Å². The van der Waals surface area contributed by atoms with E-state index in [4.69, 9.17) is 11.6 Å². The Balaban J connectivity index is 2.27. The zero-order chi connectivity index (χ0) is 13.3. The summed E-state index contributed by atoms with van der Waals surface area (Å²) in [6, 6.07) is -0.385. The summed E-state index contributed by atoms with van der Waals surface area (Å²) in [6.45, 7) is 4.81. The van der Waals surface area contributed by atoms with E-state index in [1.165, 1.54) is 11.3 Å². The zero-order valence-corrected chi connectivity index (χ0v) is 11.9. The highest BCUT2D eigenvalue weighted by molar-refractivity contribution is 7.13. The zero-order valence-electron chi connectivity index (χ0n) is 10.3. The molecule has 1 aromatic rings. The number of hydrogen-bond acceptors (Lipinski definition) is 3. The molecular weight excluding hydrogens is 272 g/mol. The lowest BCUT2D eigenvalue weighted by molar-refractivity contribution is -0.127. The number of nitrogens with zero attached hydrogens (tertiary/aromatic N) is 1. The number of halogens is 1. The van der Waals surface area contributed by atoms with E-state index in [1.54, 1.807) is 4.90 Å². The van der Waals surface area contributed by atoms with E-state index in [1.807, 2.05) is 19.2 Å². The van der Waals surface area contributed by atoms with Crippen LogP contribution >= 0.6 is 22.9 Å². The largest absolute Gasteiger partial charge is 0.353 e. The molecule has 0 bridgehead atoms. The topological polar surface area (TPSA) is 49.4 Å². The number of rotatable bonds is 2. The van der Waals surface area contributed by atoms with Gasteiger partial charge in [-0.05, 0) is 24.3 Å². The normalized spacial score (nSPS) is 19.8. The first kappa shape index (κ1) is 13.4. The van der Waals surface area contributed by atoms with Gasteiger partial charge in [0.05, 0.1) is 5.02 Å². The van der Waals surface area contributed by atoms with Gasteiger partial charge in [-0.3, -0.25) is 9.59 Å². The van der Waals surface area contributed by atoms with Gasteiger partial charge in [0, 0.05) is 13.1 Å². The van der Waals surface area contributed by atoms with Crippen molar-refractivity contribution in [2.45, 2.75) is 26.3 Å². The van der Waals surface area contributed by atoms with Gasteiger partial charge >= 0.3 is 0 Å². The first-order valence-corrected chi connectivity index (χ1v) is 7.14. The third-order valence-electron chi connectivity index (χ3n) is 3.07. The van der Waals surface area contributed by atoms with Crippen LogP contribution in [0.25, 0.3) is 0 Å². The Kier molecular flexibility index (Phi) is 3.92. The maximum absolute atomic E-state index is 12.4. The van der Waals surface area contributed by atoms with Crippen LogP contribution in [0.15, 0.2) is 5.38 Å². The molecule has 2 heterocycles. The Morgan fingerprint density at radius 3 is 2.94 bits per heavy atom. The molecule has 4 nitrogen and oxygen atoms in total. The van der Waals surface area contributed by atoms with Crippen molar-refractivity contribution >= 4 is 34.8 Å². The molecule has 98 valence electrons. The summed E-state index contributed by atoms with van der Waals surface area (Å²) in [4.78, 5) is 26.3. The maximum atomic E-state index is 12.4. The van der Waals surface area contributed by atoms with Crippen LogP contribution in [0.4, 0.5) is 0 Å². The van der Waals surface area contributed by atoms with Crippen LogP contribution in [0.3, 0.4) is 0 Å². The molecule has 0 spiro atoms. The number of aryl methyl sites for hydroxylation is 1. The Bertz CT molecular complexity index is 486. The molecule has 0 radical (unpaired) electrons. The highest BCUT2D eigenvalue weighted by Gasteiger charge is 2.33. The van der Waals surface area contributed by atoms with Crippen LogP contribution in [-0.4, -0.2) is 35.8 Å². The van der Waals surface area contributed by atoms with Gasteiger partial charge in [0.2, 0.25) is 5.91 Å². The fourth-order valence-electron chi connectivity index (χ4n) is 2.07. The van der Waals surface area contributed by atoms with Gasteiger partial charge in [0.1, 0.15) is 10.9 Å². The van der Waals surface area contributed by atoms with E-state index < -0.39 is 0 Å². The summed E-state index contributed by atoms with van der Waals surface area (Å²) < 4.78 is 0. The van der Waals surface area contributed by atoms with Gasteiger partial charge in [0.15, 0.2) is 0 Å². The Morgan fingerprint density at radius 1 is 1.67 bits per heavy atom. The molecule has 1 aliphatic heterocycles. The minimum atomic E-state index is -0.385. The molecule has 0 saturated carbocycles. The van der Waals surface area contributed by atoms with Gasteiger partial charge in [-0.2, -0.15) is 0 Å². The summed E-state index contributed by atoms with van der Waals surface area (Å²) in [5.74, 6) is -0.221. The Morgan fingerprint density at radius 2 is 2.39 bits per heavy atom. The molecule has 0 aliphatic carbocycles. The second-order valence-corrected chi connectivity index (χ2v) is 5.53. The lowest BCUT2D eigenvalue weighted by Gasteiger charge is -2.34. The van der Waals surface area contributed by atoms with Crippen molar-refractivity contribution in [3.63, 3.8) is 0 Å². The van der Waals surface area contributed by atoms with Gasteiger partial charge in [-0.15, -0.1) is 11.3 Å². The molecule has 1 aromatic heterocycles. The highest BCUT2D eigenvalue weighted by atomic mass is 35.5. The van der Waals surface area contributed by atoms with E-state index in [0.717, 1.165) is 5.56 Å². The summed E-state index contributed by atoms with van der Waals surface area (Å²) in [6.07, 6.45) is 0.611. The number of thiophene rings is 1. The molecule has 1 N–H and O–H groups in total. The molecule has 6 heteroatoms. The summed E-state index contributed by atoms with van der Waals surface area (Å²) >= 11 is 7.45. The molecular formula is C12H15ClN2O2S. The SMILES string of the molecule is CCC1C(=O)NCCN1C(=O)c1scc(C)c1Cl. The minimum absolute atomic E-state index is 0.0819. The average Bonchev–Trinajstić information content (AvgIpc) is 2.69. The van der Waals surface area contributed by atoms with Crippen molar-refractivity contribution < 1.29 is 9.59 Å². The predicted molar refractivity (Wildman–Crippen MR) is 72.2 cm³/mol. The van der Waals surface area contributed by atoms with Crippen LogP contribution in [0, 0.1) is 6.92 Å². The monoisotopic (exact) mass is 286 g/mol. The minimum Gasteiger partial charge on any atom is -0.353 e. The summed E-state index contributed by atoms with van der Waals surface area (Å²) in [5.41, 5.74) is 0.902. The van der Waals surface area contributed by atoms with Crippen LogP contribution in [0.2, 0.25) is 5.02 Å². The van der Waals surface area contributed by atoms with Crippen molar-refractivity contribution in [3.05, 3.63) is 20.8 Å². The predicted octanol–water partition coefficient (Wildman–Crippen LogP) is 2.06. The smallest absolute Gasteiger partial charge is 0.266 e. The fourth-order valence-corrected chi connectivity index (χ4v) is 3.30. The molecule has 1 unspecified atom stereocenters. The number of amides is 2. The second kappa shape index (κ2) is 5.28. The number of nitrogens with one attached hydrogen (secondary N) is 1. The van der Waals surface area contributed by atoms with E-state index >= 15 is 0 Å². The van der Waals surface area contributed by atoms with Gasteiger partial charge in [-0.1, -0.05) is 18.5 Å². The van der Waals surface area contributed by atoms with Crippen LogP contribution in [0.1, 0.15) is 28.6 Å². The molecule has 1 atom stereocenters. The lowest BCUT2D eigenvalue weighted by Crippen LogP contribution is -2.56. The summed E-state index contributed by atoms with van der Waals surface area (Å²) in [7, 11) is 0. The standard InChI is InChI=1S/C12H15ClN2O2S/c1-3-8-11(16)14-4-5-15(8)12(17)10-9(13)7(2)6-18-10/h6,8H,3-5H2,1-2H3,(H,14,16). The van der Waals surface area contributed by atoms with Crippen LogP contribution in [-0.2, 0) is 4.79 Å². The molecule has 2 amide bonds. The molecule has 1 fully saturated rings. The highest BCUT2D eigenvalue weighted by Crippen LogP contribution is 2.29. The maximum Gasteiger partial charge on any atom is 0.266 e. The van der Waals surface area contributed by atoms with Crippen LogP contribution < -0.4 is 5.32 Å². The van der Waals surface area contributed by atoms with Crippen LogP contribution in [0.5, 0.6) is 0 Å². The summed E-state index contributed by atoms with van der Waals surface area (Å²) in [5, 5.41) is 5.14.